The van der Waals surface area contributed by atoms with Gasteiger partial charge in [-0.2, -0.15) is 5.10 Å². The molecule has 3 N–H and O–H groups in total. The fraction of sp³-hybridized carbons (Fsp3) is 0.667. The maximum Gasteiger partial charge on any atom is 0.244 e. The van der Waals surface area contributed by atoms with Gasteiger partial charge < -0.3 is 15.8 Å². The van der Waals surface area contributed by atoms with Crippen molar-refractivity contribution in [3.8, 4) is 0 Å². The summed E-state index contributed by atoms with van der Waals surface area (Å²) in [7, 11) is 1.64. The molecular formula is C12H22N4O2. The Bertz CT molecular complexity index is 385. The molecule has 102 valence electrons. The van der Waals surface area contributed by atoms with E-state index in [-0.39, 0.29) is 5.91 Å². The Kier molecular flexibility index (Phi) is 5.30. The van der Waals surface area contributed by atoms with Gasteiger partial charge in [0.2, 0.25) is 5.91 Å². The topological polar surface area (TPSA) is 82.2 Å². The van der Waals surface area contributed by atoms with Crippen molar-refractivity contribution in [2.24, 2.45) is 5.73 Å². The van der Waals surface area contributed by atoms with E-state index in [0.717, 1.165) is 0 Å². The number of nitrogens with zero attached hydrogens (tertiary/aromatic N) is 2. The van der Waals surface area contributed by atoms with Crippen molar-refractivity contribution in [1.82, 2.24) is 9.78 Å². The van der Waals surface area contributed by atoms with E-state index >= 15 is 0 Å². The average Bonchev–Trinajstić information content (AvgIpc) is 2.82. The largest absolute Gasteiger partial charge is 0.383 e. The van der Waals surface area contributed by atoms with Gasteiger partial charge in [-0.1, -0.05) is 13.8 Å². The third-order valence-electron chi connectivity index (χ3n) is 3.13. The van der Waals surface area contributed by atoms with E-state index in [4.69, 9.17) is 10.5 Å². The van der Waals surface area contributed by atoms with Gasteiger partial charge in [-0.25, -0.2) is 0 Å². The van der Waals surface area contributed by atoms with Crippen LogP contribution in [0, 0.1) is 0 Å². The Labute approximate surface area is 107 Å². The Hall–Kier alpha value is -1.40. The number of nitrogens with two attached hydrogens (primary N) is 1. The minimum Gasteiger partial charge on any atom is -0.383 e. The van der Waals surface area contributed by atoms with E-state index in [1.807, 2.05) is 13.8 Å². The first kappa shape index (κ1) is 14.7. The minimum atomic E-state index is -0.811. The molecule has 0 aliphatic rings. The molecule has 18 heavy (non-hydrogen) atoms. The zero-order valence-corrected chi connectivity index (χ0v) is 11.3. The molecular weight excluding hydrogens is 232 g/mol. The number of carbonyl (C=O) groups excluding carboxylic acids is 1. The van der Waals surface area contributed by atoms with Crippen molar-refractivity contribution in [2.45, 2.75) is 38.8 Å². The molecule has 0 radical (unpaired) electrons. The van der Waals surface area contributed by atoms with Gasteiger partial charge in [0.25, 0.3) is 0 Å². The molecule has 0 saturated carbocycles. The summed E-state index contributed by atoms with van der Waals surface area (Å²) >= 11 is 0. The lowest BCUT2D eigenvalue weighted by Gasteiger charge is -2.24. The molecule has 0 aromatic carbocycles. The lowest BCUT2D eigenvalue weighted by atomic mass is 9.93. The molecule has 0 unspecified atom stereocenters. The van der Waals surface area contributed by atoms with Crippen LogP contribution in [0.4, 0.5) is 5.69 Å². The van der Waals surface area contributed by atoms with Crippen molar-refractivity contribution in [3.63, 3.8) is 0 Å². The summed E-state index contributed by atoms with van der Waals surface area (Å²) < 4.78 is 6.67. The molecule has 6 nitrogen and oxygen atoms in total. The highest BCUT2D eigenvalue weighted by atomic mass is 16.5. The summed E-state index contributed by atoms with van der Waals surface area (Å²) in [6.45, 7) is 5.05. The highest BCUT2D eigenvalue weighted by molar-refractivity contribution is 5.97. The van der Waals surface area contributed by atoms with Gasteiger partial charge in [-0.15, -0.1) is 0 Å². The molecule has 0 spiro atoms. The molecule has 1 amide bonds. The molecule has 1 aromatic heterocycles. The van der Waals surface area contributed by atoms with Crippen molar-refractivity contribution in [2.75, 3.05) is 19.0 Å². The van der Waals surface area contributed by atoms with Crippen LogP contribution < -0.4 is 11.1 Å². The van der Waals surface area contributed by atoms with Crippen LogP contribution in [0.1, 0.15) is 26.7 Å². The van der Waals surface area contributed by atoms with E-state index < -0.39 is 5.54 Å². The number of carbonyl (C=O) groups is 1. The molecule has 0 bridgehead atoms. The Morgan fingerprint density at radius 2 is 2.22 bits per heavy atom. The third-order valence-corrected chi connectivity index (χ3v) is 3.13. The summed E-state index contributed by atoms with van der Waals surface area (Å²) in [5.41, 5.74) is 5.86. The second kappa shape index (κ2) is 6.51. The minimum absolute atomic E-state index is 0.168. The second-order valence-electron chi connectivity index (χ2n) is 4.30. The molecule has 0 aliphatic carbocycles. The summed E-state index contributed by atoms with van der Waals surface area (Å²) in [4.78, 5) is 12.0. The summed E-state index contributed by atoms with van der Waals surface area (Å²) in [6, 6.07) is 0. The van der Waals surface area contributed by atoms with Gasteiger partial charge >= 0.3 is 0 Å². The number of ether oxygens (including phenoxy) is 1. The first-order valence-corrected chi connectivity index (χ1v) is 6.17. The van der Waals surface area contributed by atoms with Gasteiger partial charge in [-0.3, -0.25) is 9.48 Å². The van der Waals surface area contributed by atoms with E-state index in [1.54, 1.807) is 24.2 Å². The molecule has 0 fully saturated rings. The molecule has 0 aliphatic heterocycles. The lowest BCUT2D eigenvalue weighted by molar-refractivity contribution is -0.121. The van der Waals surface area contributed by atoms with Crippen LogP contribution >= 0.6 is 0 Å². The van der Waals surface area contributed by atoms with Crippen molar-refractivity contribution in [1.29, 1.82) is 0 Å². The Morgan fingerprint density at radius 1 is 1.56 bits per heavy atom. The smallest absolute Gasteiger partial charge is 0.244 e. The maximum atomic E-state index is 12.0. The molecule has 6 heteroatoms. The summed E-state index contributed by atoms with van der Waals surface area (Å²) in [6.07, 6.45) is 4.59. The molecule has 1 heterocycles. The summed E-state index contributed by atoms with van der Waals surface area (Å²) in [5, 5.41) is 6.91. The van der Waals surface area contributed by atoms with E-state index in [0.29, 0.717) is 31.7 Å². The van der Waals surface area contributed by atoms with Gasteiger partial charge in [0.15, 0.2) is 0 Å². The van der Waals surface area contributed by atoms with E-state index in [2.05, 4.69) is 10.4 Å². The Morgan fingerprint density at radius 3 is 2.78 bits per heavy atom. The van der Waals surface area contributed by atoms with E-state index in [1.165, 1.54) is 0 Å². The maximum absolute atomic E-state index is 12.0. The molecule has 0 saturated heterocycles. The van der Waals surface area contributed by atoms with Crippen LogP contribution in [0.15, 0.2) is 12.4 Å². The summed E-state index contributed by atoms with van der Waals surface area (Å²) in [5.74, 6) is -0.168. The van der Waals surface area contributed by atoms with Crippen LogP contribution in [-0.4, -0.2) is 34.9 Å². The second-order valence-corrected chi connectivity index (χ2v) is 4.30. The molecule has 1 aromatic rings. The lowest BCUT2D eigenvalue weighted by Crippen LogP contribution is -2.50. The van der Waals surface area contributed by atoms with Gasteiger partial charge in [0.1, 0.15) is 0 Å². The average molecular weight is 254 g/mol. The fourth-order valence-corrected chi connectivity index (χ4v) is 1.56. The van der Waals surface area contributed by atoms with Crippen LogP contribution in [0.3, 0.4) is 0 Å². The number of amides is 1. The highest BCUT2D eigenvalue weighted by Gasteiger charge is 2.29. The van der Waals surface area contributed by atoms with E-state index in [9.17, 15) is 4.79 Å². The number of methoxy groups -OCH3 is 1. The van der Waals surface area contributed by atoms with Crippen LogP contribution in [0.5, 0.6) is 0 Å². The van der Waals surface area contributed by atoms with Crippen molar-refractivity contribution >= 4 is 11.6 Å². The zero-order chi connectivity index (χ0) is 13.6. The number of hydrogen-bond donors (Lipinski definition) is 2. The monoisotopic (exact) mass is 254 g/mol. The number of anilines is 1. The predicted octanol–water partition coefficient (Wildman–Crippen LogP) is 0.985. The zero-order valence-electron chi connectivity index (χ0n) is 11.3. The fourth-order valence-electron chi connectivity index (χ4n) is 1.56. The predicted molar refractivity (Wildman–Crippen MR) is 70.2 cm³/mol. The Balaban J connectivity index is 2.62. The molecule has 0 atom stereocenters. The van der Waals surface area contributed by atoms with Gasteiger partial charge in [-0.05, 0) is 12.8 Å². The first-order valence-electron chi connectivity index (χ1n) is 6.17. The van der Waals surface area contributed by atoms with Crippen LogP contribution in [0.25, 0.3) is 0 Å². The number of rotatable bonds is 7. The van der Waals surface area contributed by atoms with Crippen molar-refractivity contribution in [3.05, 3.63) is 12.4 Å². The van der Waals surface area contributed by atoms with Crippen LogP contribution in [0.2, 0.25) is 0 Å². The van der Waals surface area contributed by atoms with Gasteiger partial charge in [0.05, 0.1) is 30.6 Å². The number of nitrogens with one attached hydrogen (secondary N) is 1. The van der Waals surface area contributed by atoms with Crippen molar-refractivity contribution < 1.29 is 9.53 Å². The quantitative estimate of drug-likeness (QED) is 0.760. The van der Waals surface area contributed by atoms with Crippen LogP contribution in [-0.2, 0) is 16.1 Å². The van der Waals surface area contributed by atoms with Gasteiger partial charge in [0, 0.05) is 13.3 Å². The highest BCUT2D eigenvalue weighted by Crippen LogP contribution is 2.15. The standard InChI is InChI=1S/C12H22N4O2/c1-4-12(13,5-2)11(17)15-10-8-14-16(9-10)6-7-18-3/h8-9H,4-7,13H2,1-3H3,(H,15,17). The first-order chi connectivity index (χ1) is 8.55. The normalized spacial score (nSPS) is 11.6. The third kappa shape index (κ3) is 3.54. The number of hydrogen-bond acceptors (Lipinski definition) is 4. The SMILES string of the molecule is CCC(N)(CC)C(=O)Nc1cnn(CCOC)c1. The number of aromatic nitrogens is 2. The molecule has 1 rings (SSSR count).